The SMILES string of the molecule is CCOC(=O)C1(N)CCC(n2ccnc2)C1. The number of carbonyl (C=O) groups excluding carboxylic acids is 1. The topological polar surface area (TPSA) is 70.1 Å². The monoisotopic (exact) mass is 223 g/mol. The first-order chi connectivity index (χ1) is 7.65. The maximum atomic E-state index is 11.7. The molecule has 2 unspecified atom stereocenters. The number of ether oxygens (including phenoxy) is 1. The normalized spacial score (nSPS) is 29.2. The molecule has 5 heteroatoms. The maximum Gasteiger partial charge on any atom is 0.326 e. The highest BCUT2D eigenvalue weighted by Gasteiger charge is 2.43. The van der Waals surface area contributed by atoms with Crippen LogP contribution in [0.25, 0.3) is 0 Å². The highest BCUT2D eigenvalue weighted by atomic mass is 16.5. The van der Waals surface area contributed by atoms with Crippen molar-refractivity contribution in [2.75, 3.05) is 6.61 Å². The molecule has 0 radical (unpaired) electrons. The van der Waals surface area contributed by atoms with Gasteiger partial charge in [-0.2, -0.15) is 0 Å². The molecule has 1 heterocycles. The summed E-state index contributed by atoms with van der Waals surface area (Å²) in [5.41, 5.74) is 5.26. The molecule has 1 aliphatic rings. The summed E-state index contributed by atoms with van der Waals surface area (Å²) in [5.74, 6) is -0.280. The zero-order valence-corrected chi connectivity index (χ0v) is 9.43. The zero-order valence-electron chi connectivity index (χ0n) is 9.43. The molecule has 0 bridgehead atoms. The lowest BCUT2D eigenvalue weighted by Gasteiger charge is -2.21. The number of nitrogens with zero attached hydrogens (tertiary/aromatic N) is 2. The maximum absolute atomic E-state index is 11.7. The highest BCUT2D eigenvalue weighted by Crippen LogP contribution is 2.36. The molecular weight excluding hydrogens is 206 g/mol. The highest BCUT2D eigenvalue weighted by molar-refractivity contribution is 5.81. The Balaban J connectivity index is 2.04. The molecule has 2 N–H and O–H groups in total. The van der Waals surface area contributed by atoms with E-state index in [9.17, 15) is 4.79 Å². The summed E-state index contributed by atoms with van der Waals surface area (Å²) >= 11 is 0. The Labute approximate surface area is 94.6 Å². The molecule has 1 aliphatic carbocycles. The first-order valence-corrected chi connectivity index (χ1v) is 5.59. The van der Waals surface area contributed by atoms with Gasteiger partial charge in [0, 0.05) is 18.4 Å². The average Bonchev–Trinajstić information content (AvgIpc) is 2.87. The van der Waals surface area contributed by atoms with Gasteiger partial charge in [-0.15, -0.1) is 0 Å². The Morgan fingerprint density at radius 2 is 2.56 bits per heavy atom. The molecule has 16 heavy (non-hydrogen) atoms. The van der Waals surface area contributed by atoms with Gasteiger partial charge >= 0.3 is 5.97 Å². The van der Waals surface area contributed by atoms with Gasteiger partial charge in [-0.1, -0.05) is 0 Å². The molecule has 1 aromatic rings. The van der Waals surface area contributed by atoms with Gasteiger partial charge in [-0.3, -0.25) is 4.79 Å². The van der Waals surface area contributed by atoms with Gasteiger partial charge in [0.1, 0.15) is 5.54 Å². The van der Waals surface area contributed by atoms with Crippen LogP contribution in [0.5, 0.6) is 0 Å². The molecule has 2 rings (SSSR count). The van der Waals surface area contributed by atoms with Crippen molar-refractivity contribution in [3.8, 4) is 0 Å². The zero-order chi connectivity index (χ0) is 11.6. The summed E-state index contributed by atoms with van der Waals surface area (Å²) in [4.78, 5) is 15.7. The molecular formula is C11H17N3O2. The van der Waals surface area contributed by atoms with E-state index >= 15 is 0 Å². The lowest BCUT2D eigenvalue weighted by molar-refractivity contribution is -0.149. The van der Waals surface area contributed by atoms with Crippen LogP contribution >= 0.6 is 0 Å². The number of carbonyl (C=O) groups is 1. The second kappa shape index (κ2) is 4.25. The molecule has 2 atom stereocenters. The van der Waals surface area contributed by atoms with Gasteiger partial charge in [0.15, 0.2) is 0 Å². The molecule has 1 saturated carbocycles. The molecule has 0 aromatic carbocycles. The molecule has 0 saturated heterocycles. The average molecular weight is 223 g/mol. The van der Waals surface area contributed by atoms with Crippen molar-refractivity contribution in [1.82, 2.24) is 9.55 Å². The molecule has 0 aliphatic heterocycles. The van der Waals surface area contributed by atoms with Crippen LogP contribution in [-0.4, -0.2) is 27.7 Å². The van der Waals surface area contributed by atoms with Crippen LogP contribution in [0.3, 0.4) is 0 Å². The fourth-order valence-electron chi connectivity index (χ4n) is 2.25. The molecule has 0 amide bonds. The Morgan fingerprint density at radius 1 is 1.75 bits per heavy atom. The minimum absolute atomic E-state index is 0.261. The van der Waals surface area contributed by atoms with Crippen molar-refractivity contribution in [3.63, 3.8) is 0 Å². The van der Waals surface area contributed by atoms with E-state index in [1.54, 1.807) is 19.4 Å². The van der Waals surface area contributed by atoms with Gasteiger partial charge < -0.3 is 15.0 Å². The van der Waals surface area contributed by atoms with Crippen molar-refractivity contribution in [1.29, 1.82) is 0 Å². The van der Waals surface area contributed by atoms with Crippen LogP contribution in [0.15, 0.2) is 18.7 Å². The van der Waals surface area contributed by atoms with Gasteiger partial charge in [-0.05, 0) is 26.2 Å². The minimum atomic E-state index is -0.815. The Bertz CT molecular complexity index is 363. The molecule has 0 spiro atoms. The van der Waals surface area contributed by atoms with Crippen LogP contribution in [0.4, 0.5) is 0 Å². The fraction of sp³-hybridized carbons (Fsp3) is 0.636. The number of nitrogens with two attached hydrogens (primary N) is 1. The lowest BCUT2D eigenvalue weighted by Crippen LogP contribution is -2.46. The Kier molecular flexibility index (Phi) is 2.96. The summed E-state index contributed by atoms with van der Waals surface area (Å²) in [6.45, 7) is 2.18. The van der Waals surface area contributed by atoms with E-state index in [4.69, 9.17) is 10.5 Å². The number of rotatable bonds is 3. The van der Waals surface area contributed by atoms with Crippen LogP contribution < -0.4 is 5.73 Å². The first kappa shape index (κ1) is 11.1. The van der Waals surface area contributed by atoms with Gasteiger partial charge in [0.05, 0.1) is 12.9 Å². The quantitative estimate of drug-likeness (QED) is 0.772. The van der Waals surface area contributed by atoms with E-state index in [-0.39, 0.29) is 12.0 Å². The number of hydrogen-bond acceptors (Lipinski definition) is 4. The van der Waals surface area contributed by atoms with Crippen LogP contribution in [0.2, 0.25) is 0 Å². The lowest BCUT2D eigenvalue weighted by atomic mass is 9.99. The van der Waals surface area contributed by atoms with Gasteiger partial charge in [0.2, 0.25) is 0 Å². The predicted molar refractivity (Wildman–Crippen MR) is 58.7 cm³/mol. The van der Waals surface area contributed by atoms with Gasteiger partial charge in [0.25, 0.3) is 0 Å². The van der Waals surface area contributed by atoms with E-state index in [0.717, 1.165) is 6.42 Å². The van der Waals surface area contributed by atoms with Crippen LogP contribution in [0.1, 0.15) is 32.2 Å². The van der Waals surface area contributed by atoms with E-state index in [0.29, 0.717) is 19.4 Å². The summed E-state index contributed by atoms with van der Waals surface area (Å²) < 4.78 is 7.01. The molecule has 1 aromatic heterocycles. The van der Waals surface area contributed by atoms with E-state index in [2.05, 4.69) is 4.98 Å². The summed E-state index contributed by atoms with van der Waals surface area (Å²) in [6.07, 6.45) is 7.60. The third kappa shape index (κ3) is 1.95. The fourth-order valence-corrected chi connectivity index (χ4v) is 2.25. The third-order valence-electron chi connectivity index (χ3n) is 3.15. The van der Waals surface area contributed by atoms with Crippen molar-refractivity contribution >= 4 is 5.97 Å². The van der Waals surface area contributed by atoms with Crippen molar-refractivity contribution in [2.24, 2.45) is 5.73 Å². The van der Waals surface area contributed by atoms with E-state index in [1.165, 1.54) is 0 Å². The smallest absolute Gasteiger partial charge is 0.326 e. The molecule has 1 fully saturated rings. The number of aromatic nitrogens is 2. The Morgan fingerprint density at radius 3 is 3.19 bits per heavy atom. The number of hydrogen-bond donors (Lipinski definition) is 1. The van der Waals surface area contributed by atoms with Crippen molar-refractivity contribution in [3.05, 3.63) is 18.7 Å². The summed E-state index contributed by atoms with van der Waals surface area (Å²) in [7, 11) is 0. The minimum Gasteiger partial charge on any atom is -0.465 e. The Hall–Kier alpha value is -1.36. The summed E-state index contributed by atoms with van der Waals surface area (Å²) in [5, 5.41) is 0. The predicted octanol–water partition coefficient (Wildman–Crippen LogP) is 0.869. The number of esters is 1. The summed E-state index contributed by atoms with van der Waals surface area (Å²) in [6, 6.07) is 0.261. The van der Waals surface area contributed by atoms with Crippen LogP contribution in [0, 0.1) is 0 Å². The van der Waals surface area contributed by atoms with Crippen molar-refractivity contribution < 1.29 is 9.53 Å². The third-order valence-corrected chi connectivity index (χ3v) is 3.15. The molecule has 5 nitrogen and oxygen atoms in total. The van der Waals surface area contributed by atoms with E-state index < -0.39 is 5.54 Å². The van der Waals surface area contributed by atoms with Crippen LogP contribution in [-0.2, 0) is 9.53 Å². The standard InChI is InChI=1S/C11H17N3O2/c1-2-16-10(15)11(12)4-3-9(7-11)14-6-5-13-8-14/h5-6,8-9H,2-4,7,12H2,1H3. The van der Waals surface area contributed by atoms with Gasteiger partial charge in [-0.25, -0.2) is 4.98 Å². The molecule has 88 valence electrons. The second-order valence-corrected chi connectivity index (χ2v) is 4.28. The first-order valence-electron chi connectivity index (χ1n) is 5.59. The largest absolute Gasteiger partial charge is 0.465 e. The second-order valence-electron chi connectivity index (χ2n) is 4.28. The number of imidazole rings is 1. The van der Waals surface area contributed by atoms with Crippen molar-refractivity contribution in [2.45, 2.75) is 37.8 Å². The van der Waals surface area contributed by atoms with E-state index in [1.807, 2.05) is 10.8 Å².